The summed E-state index contributed by atoms with van der Waals surface area (Å²) in [5.41, 5.74) is 1.81. The first-order valence-electron chi connectivity index (χ1n) is 7.63. The van der Waals surface area contributed by atoms with Gasteiger partial charge in [-0.1, -0.05) is 30.3 Å². The Morgan fingerprint density at radius 1 is 1.29 bits per heavy atom. The van der Waals surface area contributed by atoms with E-state index in [0.717, 1.165) is 5.56 Å². The van der Waals surface area contributed by atoms with Crippen LogP contribution < -0.4 is 10.6 Å². The Hall–Kier alpha value is -2.87. The molecule has 3 aromatic rings. The van der Waals surface area contributed by atoms with Crippen LogP contribution in [0.3, 0.4) is 0 Å². The van der Waals surface area contributed by atoms with Crippen molar-refractivity contribution in [3.63, 3.8) is 0 Å². The van der Waals surface area contributed by atoms with Crippen LogP contribution in [0.1, 0.15) is 11.6 Å². The van der Waals surface area contributed by atoms with Crippen LogP contribution >= 0.6 is 0 Å². The van der Waals surface area contributed by atoms with Crippen molar-refractivity contribution in [3.05, 3.63) is 48.3 Å². The number of aromatic nitrogens is 4. The van der Waals surface area contributed by atoms with Gasteiger partial charge in [0.1, 0.15) is 6.04 Å². The van der Waals surface area contributed by atoms with Gasteiger partial charge in [-0.3, -0.25) is 4.79 Å². The molecule has 122 valence electrons. The number of Topliss-reactive ketones (excluding diaryl/α,β-unsaturated/α-hetero) is 1. The number of ketones is 1. The highest BCUT2D eigenvalue weighted by molar-refractivity contribution is 5.89. The van der Waals surface area contributed by atoms with Crippen molar-refractivity contribution in [1.29, 1.82) is 0 Å². The third-order valence-corrected chi connectivity index (χ3v) is 4.04. The lowest BCUT2D eigenvalue weighted by atomic mass is 10.2. The third-order valence-electron chi connectivity index (χ3n) is 4.04. The summed E-state index contributed by atoms with van der Waals surface area (Å²) in [5, 5.41) is 6.09. The monoisotopic (exact) mass is 326 g/mol. The molecule has 8 heteroatoms. The maximum absolute atomic E-state index is 13.9. The van der Waals surface area contributed by atoms with Gasteiger partial charge in [-0.2, -0.15) is 14.4 Å². The number of hydrogen-bond acceptors (Lipinski definition) is 6. The standard InChI is InChI=1S/C16H15FN6O/c17-16-21-14(19-6-10-4-2-1-3-5-10)13-15(22-16)23(9-20-13)11-7-18-8-12(11)24/h1-5,9,11,18H,6-8H2,(H,19,21,22). The summed E-state index contributed by atoms with van der Waals surface area (Å²) < 4.78 is 15.5. The van der Waals surface area contributed by atoms with Gasteiger partial charge >= 0.3 is 6.08 Å². The van der Waals surface area contributed by atoms with Gasteiger partial charge in [0.2, 0.25) is 0 Å². The van der Waals surface area contributed by atoms with Crippen LogP contribution in [0.2, 0.25) is 0 Å². The summed E-state index contributed by atoms with van der Waals surface area (Å²) in [6.45, 7) is 1.28. The second-order valence-corrected chi connectivity index (χ2v) is 5.62. The minimum atomic E-state index is -0.849. The Kier molecular flexibility index (Phi) is 3.66. The molecule has 0 bridgehead atoms. The lowest BCUT2D eigenvalue weighted by molar-refractivity contribution is -0.118. The number of imidazole rings is 1. The molecule has 0 saturated carbocycles. The molecule has 1 atom stereocenters. The van der Waals surface area contributed by atoms with Crippen molar-refractivity contribution >= 4 is 22.8 Å². The molecule has 2 aromatic heterocycles. The van der Waals surface area contributed by atoms with Crippen molar-refractivity contribution in [2.24, 2.45) is 0 Å². The molecule has 4 rings (SSSR count). The van der Waals surface area contributed by atoms with Crippen molar-refractivity contribution in [3.8, 4) is 0 Å². The number of benzene rings is 1. The van der Waals surface area contributed by atoms with Crippen LogP contribution in [0.5, 0.6) is 0 Å². The van der Waals surface area contributed by atoms with Gasteiger partial charge in [-0.25, -0.2) is 4.98 Å². The summed E-state index contributed by atoms with van der Waals surface area (Å²) in [5.74, 6) is 0.352. The number of carbonyl (C=O) groups excluding carboxylic acids is 1. The number of rotatable bonds is 4. The Balaban J connectivity index is 1.69. The average molecular weight is 326 g/mol. The van der Waals surface area contributed by atoms with Crippen LogP contribution in [0.4, 0.5) is 10.2 Å². The van der Waals surface area contributed by atoms with Crippen LogP contribution in [-0.4, -0.2) is 38.4 Å². The number of fused-ring (bicyclic) bond motifs is 1. The molecule has 0 radical (unpaired) electrons. The summed E-state index contributed by atoms with van der Waals surface area (Å²) in [4.78, 5) is 23.9. The number of halogens is 1. The molecule has 2 N–H and O–H groups in total. The second kappa shape index (κ2) is 5.97. The Morgan fingerprint density at radius 3 is 2.88 bits per heavy atom. The number of nitrogens with one attached hydrogen (secondary N) is 2. The van der Waals surface area contributed by atoms with E-state index in [1.54, 1.807) is 4.57 Å². The molecule has 3 heterocycles. The van der Waals surface area contributed by atoms with Crippen LogP contribution in [0.15, 0.2) is 36.7 Å². The minimum absolute atomic E-state index is 0.0344. The summed E-state index contributed by atoms with van der Waals surface area (Å²) >= 11 is 0. The third kappa shape index (κ3) is 2.61. The van der Waals surface area contributed by atoms with Crippen LogP contribution in [-0.2, 0) is 11.3 Å². The summed E-state index contributed by atoms with van der Waals surface area (Å²) in [6.07, 6.45) is 0.667. The fourth-order valence-electron chi connectivity index (χ4n) is 2.84. The van der Waals surface area contributed by atoms with Gasteiger partial charge in [0.15, 0.2) is 22.8 Å². The molecule has 1 fully saturated rings. The van der Waals surface area contributed by atoms with Crippen molar-refractivity contribution in [1.82, 2.24) is 24.8 Å². The molecular weight excluding hydrogens is 311 g/mol. The lowest BCUT2D eigenvalue weighted by Crippen LogP contribution is -2.17. The average Bonchev–Trinajstić information content (AvgIpc) is 3.19. The van der Waals surface area contributed by atoms with E-state index in [2.05, 4.69) is 25.6 Å². The van der Waals surface area contributed by atoms with Crippen LogP contribution in [0.25, 0.3) is 11.2 Å². The SMILES string of the molecule is O=C1CNCC1n1cnc2c(NCc3ccccc3)nc(F)nc21. The fourth-order valence-corrected chi connectivity index (χ4v) is 2.84. The van der Waals surface area contributed by atoms with E-state index in [1.807, 2.05) is 30.3 Å². The van der Waals surface area contributed by atoms with E-state index in [1.165, 1.54) is 6.33 Å². The number of hydrogen-bond donors (Lipinski definition) is 2. The smallest absolute Gasteiger partial charge is 0.312 e. The molecule has 0 aliphatic carbocycles. The topological polar surface area (TPSA) is 84.7 Å². The minimum Gasteiger partial charge on any atom is -0.364 e. The highest BCUT2D eigenvalue weighted by Crippen LogP contribution is 2.23. The Labute approximate surface area is 136 Å². The van der Waals surface area contributed by atoms with Crippen molar-refractivity contribution in [2.45, 2.75) is 12.6 Å². The molecule has 0 amide bonds. The molecule has 0 spiro atoms. The van der Waals surface area contributed by atoms with E-state index in [0.29, 0.717) is 36.6 Å². The molecule has 1 aliphatic heterocycles. The second-order valence-electron chi connectivity index (χ2n) is 5.62. The van der Waals surface area contributed by atoms with E-state index < -0.39 is 12.1 Å². The van der Waals surface area contributed by atoms with Gasteiger partial charge in [-0.15, -0.1) is 0 Å². The Morgan fingerprint density at radius 2 is 2.12 bits per heavy atom. The van der Waals surface area contributed by atoms with E-state index in [4.69, 9.17) is 0 Å². The fraction of sp³-hybridized carbons (Fsp3) is 0.250. The first-order chi connectivity index (χ1) is 11.7. The molecule has 1 saturated heterocycles. The largest absolute Gasteiger partial charge is 0.364 e. The normalized spacial score (nSPS) is 17.5. The highest BCUT2D eigenvalue weighted by Gasteiger charge is 2.28. The molecule has 1 aliphatic rings. The van der Waals surface area contributed by atoms with Crippen molar-refractivity contribution in [2.75, 3.05) is 18.4 Å². The predicted molar refractivity (Wildman–Crippen MR) is 86.0 cm³/mol. The predicted octanol–water partition coefficient (Wildman–Crippen LogP) is 1.29. The van der Waals surface area contributed by atoms with Crippen molar-refractivity contribution < 1.29 is 9.18 Å². The maximum atomic E-state index is 13.9. The zero-order valence-electron chi connectivity index (χ0n) is 12.7. The Bertz CT molecular complexity index is 894. The van der Waals surface area contributed by atoms with E-state index >= 15 is 0 Å². The van der Waals surface area contributed by atoms with Gasteiger partial charge in [0.25, 0.3) is 0 Å². The number of nitrogens with zero attached hydrogens (tertiary/aromatic N) is 4. The van der Waals surface area contributed by atoms with Gasteiger partial charge in [0, 0.05) is 13.1 Å². The van der Waals surface area contributed by atoms with E-state index in [-0.39, 0.29) is 5.78 Å². The highest BCUT2D eigenvalue weighted by atomic mass is 19.1. The zero-order chi connectivity index (χ0) is 16.5. The number of carbonyl (C=O) groups is 1. The quantitative estimate of drug-likeness (QED) is 0.703. The molecule has 24 heavy (non-hydrogen) atoms. The first kappa shape index (κ1) is 14.7. The first-order valence-corrected chi connectivity index (χ1v) is 7.63. The summed E-state index contributed by atoms with van der Waals surface area (Å²) in [6, 6.07) is 9.31. The molecule has 1 unspecified atom stereocenters. The summed E-state index contributed by atoms with van der Waals surface area (Å²) in [7, 11) is 0. The van der Waals surface area contributed by atoms with Gasteiger partial charge in [-0.05, 0) is 5.56 Å². The lowest BCUT2D eigenvalue weighted by Gasteiger charge is -2.10. The molecule has 7 nitrogen and oxygen atoms in total. The molecule has 1 aromatic carbocycles. The maximum Gasteiger partial charge on any atom is 0.312 e. The van der Waals surface area contributed by atoms with Gasteiger partial charge < -0.3 is 15.2 Å². The number of anilines is 1. The zero-order valence-corrected chi connectivity index (χ0v) is 12.7. The molecular formula is C16H15FN6O. The van der Waals surface area contributed by atoms with E-state index in [9.17, 15) is 9.18 Å². The van der Waals surface area contributed by atoms with Gasteiger partial charge in [0.05, 0.1) is 12.9 Å². The van der Waals surface area contributed by atoms with Crippen LogP contribution in [0, 0.1) is 6.08 Å².